The average Bonchev–Trinajstić information content (AvgIpc) is 3.26. The number of benzene rings is 1. The maximum atomic E-state index is 10.6. The molecule has 176 valence electrons. The fourth-order valence-corrected chi connectivity index (χ4v) is 3.16. The van der Waals surface area contributed by atoms with Crippen molar-refractivity contribution in [1.29, 1.82) is 0 Å². The number of carbonyl (C=O) groups is 1. The first kappa shape index (κ1) is 24.1. The number of nitrogens with one attached hydrogen (secondary N) is 2. The van der Waals surface area contributed by atoms with Gasteiger partial charge in [-0.1, -0.05) is 18.1 Å². The summed E-state index contributed by atoms with van der Waals surface area (Å²) in [6.45, 7) is 6.10. The molecule has 33 heavy (non-hydrogen) atoms. The molecule has 9 nitrogen and oxygen atoms in total. The molecule has 0 saturated carbocycles. The van der Waals surface area contributed by atoms with Gasteiger partial charge in [-0.05, 0) is 57.1 Å². The van der Waals surface area contributed by atoms with Crippen LogP contribution in [0.4, 0.5) is 24.8 Å². The van der Waals surface area contributed by atoms with E-state index >= 15 is 0 Å². The van der Waals surface area contributed by atoms with Crippen LogP contribution in [0, 0.1) is 6.92 Å². The molecular weight excluding hydrogens is 441 g/mol. The number of aliphatic carboxylic acids is 1. The number of aromatic nitrogens is 4. The summed E-state index contributed by atoms with van der Waals surface area (Å²) in [5.74, 6) is -0.869. The Hall–Kier alpha value is -3.54. The highest BCUT2D eigenvalue weighted by molar-refractivity contribution is 5.73. The topological polar surface area (TPSA) is 126 Å². The molecule has 0 aliphatic carbocycles. The molecule has 0 unspecified atom stereocenters. The molecule has 3 N–H and O–H groups in total. The highest BCUT2D eigenvalue weighted by Gasteiger charge is 2.38. The molecule has 0 atom stereocenters. The van der Waals surface area contributed by atoms with Gasteiger partial charge < -0.3 is 20.3 Å². The Kier molecular flexibility index (Phi) is 7.26. The zero-order valence-corrected chi connectivity index (χ0v) is 18.0. The van der Waals surface area contributed by atoms with Crippen LogP contribution in [-0.4, -0.2) is 50.5 Å². The van der Waals surface area contributed by atoms with Crippen LogP contribution in [0.5, 0.6) is 0 Å². The highest BCUT2D eigenvalue weighted by Crippen LogP contribution is 2.32. The van der Waals surface area contributed by atoms with E-state index in [0.717, 1.165) is 48.7 Å². The molecular formula is C21H23F3N6O3. The van der Waals surface area contributed by atoms with Gasteiger partial charge in [0.2, 0.25) is 5.95 Å². The van der Waals surface area contributed by atoms with E-state index in [1.807, 2.05) is 37.3 Å². The van der Waals surface area contributed by atoms with Crippen LogP contribution in [-0.2, 0) is 10.2 Å². The fourth-order valence-electron chi connectivity index (χ4n) is 3.16. The predicted molar refractivity (Wildman–Crippen MR) is 113 cm³/mol. The number of carboxylic acid groups (broad SMARTS) is 1. The van der Waals surface area contributed by atoms with Crippen LogP contribution in [0.1, 0.15) is 31.3 Å². The van der Waals surface area contributed by atoms with Crippen molar-refractivity contribution >= 4 is 17.6 Å². The smallest absolute Gasteiger partial charge is 0.475 e. The van der Waals surface area contributed by atoms with Crippen LogP contribution in [0.3, 0.4) is 0 Å². The van der Waals surface area contributed by atoms with E-state index in [4.69, 9.17) is 14.4 Å². The Bertz CT molecular complexity index is 1100. The number of carboxylic acids is 1. The lowest BCUT2D eigenvalue weighted by Gasteiger charge is -2.30. The van der Waals surface area contributed by atoms with Crippen molar-refractivity contribution in [2.75, 3.05) is 18.4 Å². The summed E-state index contributed by atoms with van der Waals surface area (Å²) >= 11 is 0. The van der Waals surface area contributed by atoms with Gasteiger partial charge in [0.15, 0.2) is 5.82 Å². The van der Waals surface area contributed by atoms with Gasteiger partial charge in [0.25, 0.3) is 5.89 Å². The predicted octanol–water partition coefficient (Wildman–Crippen LogP) is 3.85. The van der Waals surface area contributed by atoms with Crippen molar-refractivity contribution in [3.8, 4) is 11.5 Å². The number of aryl methyl sites for hydroxylation is 1. The molecule has 1 aliphatic heterocycles. The van der Waals surface area contributed by atoms with Crippen molar-refractivity contribution in [2.24, 2.45) is 0 Å². The van der Waals surface area contributed by atoms with Crippen molar-refractivity contribution < 1.29 is 27.6 Å². The van der Waals surface area contributed by atoms with Gasteiger partial charge in [0.05, 0.1) is 0 Å². The van der Waals surface area contributed by atoms with Gasteiger partial charge in [-0.25, -0.2) is 14.8 Å². The Labute approximate surface area is 187 Å². The number of alkyl halides is 3. The molecule has 0 bridgehead atoms. The normalized spacial score (nSPS) is 15.3. The van der Waals surface area contributed by atoms with Gasteiger partial charge in [-0.15, -0.1) is 0 Å². The van der Waals surface area contributed by atoms with Gasteiger partial charge in [0, 0.05) is 28.6 Å². The van der Waals surface area contributed by atoms with E-state index in [0.29, 0.717) is 11.8 Å². The van der Waals surface area contributed by atoms with Crippen LogP contribution < -0.4 is 10.6 Å². The summed E-state index contributed by atoms with van der Waals surface area (Å²) in [5.41, 5.74) is 2.63. The first-order valence-electron chi connectivity index (χ1n) is 10.1. The van der Waals surface area contributed by atoms with E-state index in [9.17, 15) is 13.2 Å². The third kappa shape index (κ3) is 6.48. The molecule has 0 radical (unpaired) electrons. The largest absolute Gasteiger partial charge is 0.490 e. The Morgan fingerprint density at radius 2 is 1.91 bits per heavy atom. The molecule has 0 amide bonds. The lowest BCUT2D eigenvalue weighted by Crippen LogP contribution is -2.38. The molecule has 4 rings (SSSR count). The maximum Gasteiger partial charge on any atom is 0.490 e. The molecule has 1 fully saturated rings. The zero-order chi connectivity index (χ0) is 24.1. The summed E-state index contributed by atoms with van der Waals surface area (Å²) in [6.07, 6.45) is -1.32. The van der Waals surface area contributed by atoms with Gasteiger partial charge in [-0.3, -0.25) is 0 Å². The monoisotopic (exact) mass is 464 g/mol. The number of hydrogen-bond donors (Lipinski definition) is 3. The van der Waals surface area contributed by atoms with Crippen molar-refractivity contribution in [3.05, 3.63) is 48.0 Å². The highest BCUT2D eigenvalue weighted by atomic mass is 19.4. The quantitative estimate of drug-likeness (QED) is 0.528. The second kappa shape index (κ2) is 9.94. The second-order valence-electron chi connectivity index (χ2n) is 7.76. The number of nitrogens with zero attached hydrogens (tertiary/aromatic N) is 4. The molecule has 1 saturated heterocycles. The van der Waals surface area contributed by atoms with Crippen molar-refractivity contribution in [1.82, 2.24) is 25.4 Å². The summed E-state index contributed by atoms with van der Waals surface area (Å²) in [6, 6.07) is 9.70. The fraction of sp³-hybridized carbons (Fsp3) is 0.381. The van der Waals surface area contributed by atoms with E-state index < -0.39 is 12.1 Å². The first-order valence-corrected chi connectivity index (χ1v) is 10.1. The van der Waals surface area contributed by atoms with Crippen LogP contribution in [0.2, 0.25) is 0 Å². The zero-order valence-electron chi connectivity index (χ0n) is 18.0. The van der Waals surface area contributed by atoms with Crippen molar-refractivity contribution in [3.63, 3.8) is 0 Å². The molecule has 1 aromatic carbocycles. The Morgan fingerprint density at radius 1 is 1.21 bits per heavy atom. The third-order valence-corrected chi connectivity index (χ3v) is 5.08. The SMILES string of the molecule is Cc1ccnc(Nc2cccc(-c3nc(C4(C)CCNCC4)no3)c2)n1.O=C(O)C(F)(F)F. The summed E-state index contributed by atoms with van der Waals surface area (Å²) in [4.78, 5) is 22.2. The average molecular weight is 464 g/mol. The number of anilines is 2. The molecule has 1 aliphatic rings. The molecule has 2 aromatic heterocycles. The Morgan fingerprint density at radius 3 is 2.55 bits per heavy atom. The van der Waals surface area contributed by atoms with E-state index in [1.54, 1.807) is 6.20 Å². The van der Waals surface area contributed by atoms with E-state index in [-0.39, 0.29) is 5.41 Å². The van der Waals surface area contributed by atoms with Crippen LogP contribution in [0.25, 0.3) is 11.5 Å². The summed E-state index contributed by atoms with van der Waals surface area (Å²) < 4.78 is 37.3. The standard InChI is InChI=1S/C19H22N6O.C2HF3O2/c1-13-6-9-21-18(22-13)23-15-5-3-4-14(12-15)16-24-17(25-26-16)19(2)7-10-20-11-8-19;3-2(4,5)1(6)7/h3-6,9,12,20H,7-8,10-11H2,1-2H3,(H,21,22,23);(H,6,7). The molecule has 3 aromatic rings. The van der Waals surface area contributed by atoms with Gasteiger partial charge in [-0.2, -0.15) is 18.2 Å². The molecule has 12 heteroatoms. The molecule has 0 spiro atoms. The second-order valence-corrected chi connectivity index (χ2v) is 7.76. The Balaban J connectivity index is 0.000000383. The van der Waals surface area contributed by atoms with Crippen LogP contribution in [0.15, 0.2) is 41.1 Å². The minimum atomic E-state index is -5.08. The number of hydrogen-bond acceptors (Lipinski definition) is 8. The number of rotatable bonds is 4. The lowest BCUT2D eigenvalue weighted by atomic mass is 9.80. The van der Waals surface area contributed by atoms with E-state index in [2.05, 4.69) is 37.7 Å². The lowest BCUT2D eigenvalue weighted by molar-refractivity contribution is -0.192. The van der Waals surface area contributed by atoms with Crippen molar-refractivity contribution in [2.45, 2.75) is 38.3 Å². The van der Waals surface area contributed by atoms with Gasteiger partial charge >= 0.3 is 12.1 Å². The summed E-state index contributed by atoms with van der Waals surface area (Å²) in [5, 5.41) is 18.0. The molecule has 3 heterocycles. The first-order chi connectivity index (χ1) is 15.6. The number of piperidine rings is 1. The van der Waals surface area contributed by atoms with Crippen LogP contribution >= 0.6 is 0 Å². The third-order valence-electron chi connectivity index (χ3n) is 5.08. The maximum absolute atomic E-state index is 10.6. The van der Waals surface area contributed by atoms with Gasteiger partial charge in [0.1, 0.15) is 0 Å². The summed E-state index contributed by atoms with van der Waals surface area (Å²) in [7, 11) is 0. The van der Waals surface area contributed by atoms with E-state index in [1.165, 1.54) is 0 Å². The number of halogens is 3. The minimum Gasteiger partial charge on any atom is -0.475 e. The minimum absolute atomic E-state index is 0.0295.